The minimum absolute atomic E-state index is 0.00187. The van der Waals surface area contributed by atoms with Crippen LogP contribution in [-0.2, 0) is 16.6 Å². The monoisotopic (exact) mass is 477 g/mol. The zero-order valence-electron chi connectivity index (χ0n) is 16.1. The Balaban J connectivity index is 1.68. The molecule has 4 rings (SSSR count). The van der Waals surface area contributed by atoms with E-state index in [0.717, 1.165) is 6.07 Å². The fourth-order valence-corrected chi connectivity index (χ4v) is 4.61. The van der Waals surface area contributed by atoms with E-state index < -0.39 is 32.2 Å². The fraction of sp³-hybridized carbons (Fsp3) is 0.0476. The molecule has 0 aliphatic heterocycles. The Morgan fingerprint density at radius 2 is 1.72 bits per heavy atom. The number of carbonyl (C=O) groups is 1. The second-order valence-electron chi connectivity index (χ2n) is 6.82. The molecule has 0 aliphatic carbocycles. The highest BCUT2D eigenvalue weighted by atomic mass is 35.5. The zero-order chi connectivity index (χ0) is 23.0. The van der Waals surface area contributed by atoms with Gasteiger partial charge >= 0.3 is 5.69 Å². The number of aromatic nitrogens is 2. The summed E-state index contributed by atoms with van der Waals surface area (Å²) in [4.78, 5) is 26.5. The standard InChI is InChI=1S/C21H14ClF2N3O4S/c22-14-4-2-13(3-5-14)20(28)25-11-12-1-8-18-19(9-12)27(21(29)26-18)32(30,31)15-6-7-16(23)17(24)10-15/h1-10H,11H2,(H,25,28)(H,26,29). The Kier molecular flexibility index (Phi) is 5.57. The predicted molar refractivity (Wildman–Crippen MR) is 114 cm³/mol. The van der Waals surface area contributed by atoms with E-state index >= 15 is 0 Å². The first-order valence-corrected chi connectivity index (χ1v) is 11.0. The smallest absolute Gasteiger partial charge is 0.340 e. The van der Waals surface area contributed by atoms with Crippen molar-refractivity contribution in [2.75, 3.05) is 0 Å². The van der Waals surface area contributed by atoms with Crippen molar-refractivity contribution in [3.8, 4) is 0 Å². The molecule has 0 saturated carbocycles. The van der Waals surface area contributed by atoms with Crippen molar-refractivity contribution in [1.29, 1.82) is 0 Å². The highest BCUT2D eigenvalue weighted by molar-refractivity contribution is 7.90. The van der Waals surface area contributed by atoms with Gasteiger partial charge in [0.1, 0.15) is 0 Å². The number of imidazole rings is 1. The molecular weight excluding hydrogens is 464 g/mol. The lowest BCUT2D eigenvalue weighted by Crippen LogP contribution is -2.25. The summed E-state index contributed by atoms with van der Waals surface area (Å²) in [7, 11) is -4.52. The highest BCUT2D eigenvalue weighted by Crippen LogP contribution is 2.21. The molecular formula is C21H14ClF2N3O4S. The Hall–Kier alpha value is -3.50. The van der Waals surface area contributed by atoms with E-state index in [4.69, 9.17) is 11.6 Å². The molecule has 0 radical (unpaired) electrons. The van der Waals surface area contributed by atoms with Gasteiger partial charge in [0.05, 0.1) is 15.9 Å². The number of amides is 1. The number of rotatable bonds is 5. The van der Waals surface area contributed by atoms with Gasteiger partial charge in [0.25, 0.3) is 15.9 Å². The zero-order valence-corrected chi connectivity index (χ0v) is 17.7. The number of nitrogens with one attached hydrogen (secondary N) is 2. The quantitative estimate of drug-likeness (QED) is 0.460. The van der Waals surface area contributed by atoms with Crippen LogP contribution in [0.3, 0.4) is 0 Å². The Morgan fingerprint density at radius 1 is 1.00 bits per heavy atom. The molecule has 0 unspecified atom stereocenters. The fourth-order valence-electron chi connectivity index (χ4n) is 3.10. The van der Waals surface area contributed by atoms with Crippen LogP contribution in [-0.4, -0.2) is 23.3 Å². The molecule has 164 valence electrons. The number of hydrogen-bond acceptors (Lipinski definition) is 4. The first-order valence-electron chi connectivity index (χ1n) is 9.15. The van der Waals surface area contributed by atoms with E-state index in [9.17, 15) is 26.8 Å². The molecule has 0 aliphatic rings. The number of benzene rings is 3. The van der Waals surface area contributed by atoms with Gasteiger partial charge in [-0.2, -0.15) is 3.97 Å². The van der Waals surface area contributed by atoms with E-state index in [2.05, 4.69) is 10.3 Å². The van der Waals surface area contributed by atoms with E-state index in [1.807, 2.05) is 0 Å². The summed E-state index contributed by atoms with van der Waals surface area (Å²) in [5, 5.41) is 3.18. The molecule has 0 saturated heterocycles. The van der Waals surface area contributed by atoms with Gasteiger partial charge in [0.2, 0.25) is 0 Å². The summed E-state index contributed by atoms with van der Waals surface area (Å²) in [6.45, 7) is 0.0436. The number of hydrogen-bond donors (Lipinski definition) is 2. The Labute approximate surface area is 185 Å². The number of aromatic amines is 1. The second kappa shape index (κ2) is 8.21. The van der Waals surface area contributed by atoms with E-state index in [0.29, 0.717) is 32.3 Å². The molecule has 0 bridgehead atoms. The van der Waals surface area contributed by atoms with Gasteiger partial charge in [-0.3, -0.25) is 4.79 Å². The maximum absolute atomic E-state index is 13.6. The molecule has 0 fully saturated rings. The third-order valence-corrected chi connectivity index (χ3v) is 6.64. The van der Waals surface area contributed by atoms with Crippen LogP contribution >= 0.6 is 11.6 Å². The first-order chi connectivity index (χ1) is 15.2. The van der Waals surface area contributed by atoms with Crippen molar-refractivity contribution in [2.24, 2.45) is 0 Å². The van der Waals surface area contributed by atoms with Crippen LogP contribution in [0.25, 0.3) is 11.0 Å². The van der Waals surface area contributed by atoms with Crippen molar-refractivity contribution >= 4 is 38.6 Å². The van der Waals surface area contributed by atoms with Gasteiger partial charge in [-0.05, 0) is 60.2 Å². The Bertz CT molecular complexity index is 1510. The lowest BCUT2D eigenvalue weighted by molar-refractivity contribution is 0.0951. The molecule has 0 spiro atoms. The van der Waals surface area contributed by atoms with Gasteiger partial charge in [-0.1, -0.05) is 17.7 Å². The summed E-state index contributed by atoms with van der Waals surface area (Å²) in [5.74, 6) is -2.94. The summed E-state index contributed by atoms with van der Waals surface area (Å²) in [5.41, 5.74) is 0.141. The maximum Gasteiger partial charge on any atom is 0.340 e. The van der Waals surface area contributed by atoms with Crippen LogP contribution in [0.4, 0.5) is 8.78 Å². The van der Waals surface area contributed by atoms with Gasteiger partial charge in [0.15, 0.2) is 11.6 Å². The van der Waals surface area contributed by atoms with Crippen LogP contribution in [0, 0.1) is 11.6 Å². The number of carbonyl (C=O) groups excluding carboxylic acids is 1. The van der Waals surface area contributed by atoms with Crippen LogP contribution in [0.1, 0.15) is 15.9 Å². The van der Waals surface area contributed by atoms with Crippen molar-refractivity contribution in [1.82, 2.24) is 14.3 Å². The summed E-state index contributed by atoms with van der Waals surface area (Å²) < 4.78 is 53.2. The molecule has 4 aromatic rings. The van der Waals surface area contributed by atoms with E-state index in [1.165, 1.54) is 12.1 Å². The molecule has 32 heavy (non-hydrogen) atoms. The average molecular weight is 478 g/mol. The second-order valence-corrected chi connectivity index (χ2v) is 9.04. The molecule has 1 aromatic heterocycles. The van der Waals surface area contributed by atoms with Crippen LogP contribution in [0.2, 0.25) is 5.02 Å². The molecule has 1 amide bonds. The van der Waals surface area contributed by atoms with Crippen molar-refractivity contribution in [2.45, 2.75) is 11.4 Å². The number of halogens is 3. The molecule has 3 aromatic carbocycles. The maximum atomic E-state index is 13.6. The topological polar surface area (TPSA) is 101 Å². The van der Waals surface area contributed by atoms with E-state index in [1.54, 1.807) is 30.3 Å². The number of H-pyrrole nitrogens is 1. The summed E-state index contributed by atoms with van der Waals surface area (Å²) in [6.07, 6.45) is 0. The summed E-state index contributed by atoms with van der Waals surface area (Å²) in [6, 6.07) is 12.8. The normalized spacial score (nSPS) is 11.6. The predicted octanol–water partition coefficient (Wildman–Crippen LogP) is 3.43. The minimum atomic E-state index is -4.52. The molecule has 0 atom stereocenters. The van der Waals surface area contributed by atoms with Crippen LogP contribution < -0.4 is 11.0 Å². The summed E-state index contributed by atoms with van der Waals surface area (Å²) >= 11 is 5.81. The third-order valence-electron chi connectivity index (χ3n) is 4.70. The van der Waals surface area contributed by atoms with Crippen LogP contribution in [0.15, 0.2) is 70.4 Å². The highest BCUT2D eigenvalue weighted by Gasteiger charge is 2.24. The number of fused-ring (bicyclic) bond motifs is 1. The van der Waals surface area contributed by atoms with E-state index in [-0.39, 0.29) is 23.5 Å². The van der Waals surface area contributed by atoms with Crippen molar-refractivity contribution in [3.05, 3.63) is 98.9 Å². The first kappa shape index (κ1) is 21.7. The van der Waals surface area contributed by atoms with Gasteiger partial charge in [0, 0.05) is 17.1 Å². The van der Waals surface area contributed by atoms with Gasteiger partial charge in [-0.15, -0.1) is 0 Å². The van der Waals surface area contributed by atoms with Crippen molar-refractivity contribution < 1.29 is 22.0 Å². The molecule has 11 heteroatoms. The SMILES string of the molecule is O=C(NCc1ccc2[nH]c(=O)n(S(=O)(=O)c3ccc(F)c(F)c3)c2c1)c1ccc(Cl)cc1. The van der Waals surface area contributed by atoms with Crippen molar-refractivity contribution in [3.63, 3.8) is 0 Å². The molecule has 7 nitrogen and oxygen atoms in total. The van der Waals surface area contributed by atoms with Gasteiger partial charge < -0.3 is 10.3 Å². The number of nitrogens with zero attached hydrogens (tertiary/aromatic N) is 1. The average Bonchev–Trinajstić information content (AvgIpc) is 3.10. The third kappa shape index (κ3) is 4.02. The lowest BCUT2D eigenvalue weighted by Gasteiger charge is -2.08. The van der Waals surface area contributed by atoms with Crippen LogP contribution in [0.5, 0.6) is 0 Å². The molecule has 2 N–H and O–H groups in total. The minimum Gasteiger partial charge on any atom is -0.348 e. The largest absolute Gasteiger partial charge is 0.348 e. The Morgan fingerprint density at radius 3 is 2.41 bits per heavy atom. The van der Waals surface area contributed by atoms with Gasteiger partial charge in [-0.25, -0.2) is 22.0 Å². The molecule has 1 heterocycles. The lowest BCUT2D eigenvalue weighted by atomic mass is 10.2.